The van der Waals surface area contributed by atoms with Gasteiger partial charge in [0.25, 0.3) is 5.91 Å². The zero-order valence-corrected chi connectivity index (χ0v) is 23.2. The minimum absolute atomic E-state index is 0.0175. The number of phenolic OH excluding ortho intramolecular Hbond substituents is 1. The average Bonchev–Trinajstić information content (AvgIpc) is 3.34. The van der Waals surface area contributed by atoms with Crippen LogP contribution in [-0.2, 0) is 21.6 Å². The number of hydrogen-bond donors (Lipinski definition) is 3. The monoisotopic (exact) mass is 544 g/mol. The van der Waals surface area contributed by atoms with Crippen molar-refractivity contribution in [3.05, 3.63) is 78.8 Å². The molecule has 3 N–H and O–H groups in total. The molecule has 5 rings (SSSR count). The van der Waals surface area contributed by atoms with Crippen LogP contribution in [0.5, 0.6) is 11.6 Å². The molecule has 0 bridgehead atoms. The van der Waals surface area contributed by atoms with Crippen LogP contribution < -0.4 is 5.32 Å². The molecule has 202 valence electrons. The molecule has 1 aliphatic heterocycles. The van der Waals surface area contributed by atoms with Gasteiger partial charge in [-0.05, 0) is 53.1 Å². The van der Waals surface area contributed by atoms with Gasteiger partial charge in [0.05, 0.1) is 6.54 Å². The summed E-state index contributed by atoms with van der Waals surface area (Å²) in [6.07, 6.45) is 5.12. The summed E-state index contributed by atoms with van der Waals surface area (Å²) < 4.78 is 7.29. The number of amides is 3. The van der Waals surface area contributed by atoms with Crippen molar-refractivity contribution in [3.63, 3.8) is 0 Å². The molecule has 4 aromatic rings. The number of hydrogen-bond acceptors (Lipinski definition) is 6. The maximum Gasteiger partial charge on any atom is 0.327 e. The molecule has 9 nitrogen and oxygen atoms in total. The van der Waals surface area contributed by atoms with E-state index in [-0.39, 0.29) is 24.9 Å². The molecule has 39 heavy (non-hydrogen) atoms. The van der Waals surface area contributed by atoms with Crippen LogP contribution in [0.4, 0.5) is 4.79 Å². The Balaban J connectivity index is 1.50. The molecular weight excluding hydrogens is 512 g/mol. The fourth-order valence-electron chi connectivity index (χ4n) is 4.77. The van der Waals surface area contributed by atoms with Crippen LogP contribution in [0.2, 0.25) is 25.7 Å². The lowest BCUT2D eigenvalue weighted by Gasteiger charge is -2.28. The fraction of sp³-hybridized carbons (Fsp3) is 0.276. The van der Waals surface area contributed by atoms with Gasteiger partial charge in [-0.1, -0.05) is 43.9 Å². The minimum atomic E-state index is -1.48. The number of fused-ring (bicyclic) bond motifs is 1. The Morgan fingerprint density at radius 1 is 0.974 bits per heavy atom. The summed E-state index contributed by atoms with van der Waals surface area (Å²) in [6.45, 7) is 6.96. The van der Waals surface area contributed by atoms with Crippen LogP contribution in [0.3, 0.4) is 0 Å². The van der Waals surface area contributed by atoms with Crippen molar-refractivity contribution < 1.29 is 24.5 Å². The van der Waals surface area contributed by atoms with Crippen molar-refractivity contribution >= 4 is 30.8 Å². The van der Waals surface area contributed by atoms with E-state index in [0.29, 0.717) is 22.9 Å². The number of nitrogens with one attached hydrogen (secondary N) is 1. The highest BCUT2D eigenvalue weighted by Crippen LogP contribution is 2.37. The molecule has 1 saturated heterocycles. The predicted molar refractivity (Wildman–Crippen MR) is 151 cm³/mol. The van der Waals surface area contributed by atoms with E-state index in [2.05, 4.69) is 29.9 Å². The Labute approximate surface area is 227 Å². The highest BCUT2D eigenvalue weighted by Gasteiger charge is 2.53. The maximum atomic E-state index is 14.0. The number of carbonyl (C=O) groups is 2. The molecule has 10 heteroatoms. The number of aromatic hydroxyl groups is 2. The highest BCUT2D eigenvalue weighted by molar-refractivity contribution is 6.76. The first-order chi connectivity index (χ1) is 18.6. The van der Waals surface area contributed by atoms with Crippen molar-refractivity contribution in [2.24, 2.45) is 0 Å². The second-order valence-electron chi connectivity index (χ2n) is 11.1. The summed E-state index contributed by atoms with van der Waals surface area (Å²) in [4.78, 5) is 32.3. The number of rotatable bonds is 9. The number of nitrogens with zero attached hydrogens (tertiary/aromatic N) is 3. The summed E-state index contributed by atoms with van der Waals surface area (Å²) in [5.41, 5.74) is 0.997. The van der Waals surface area contributed by atoms with Gasteiger partial charge in [-0.15, -0.1) is 0 Å². The van der Waals surface area contributed by atoms with Crippen LogP contribution >= 0.6 is 0 Å². The van der Waals surface area contributed by atoms with E-state index in [9.17, 15) is 19.8 Å². The Morgan fingerprint density at radius 2 is 1.67 bits per heavy atom. The van der Waals surface area contributed by atoms with Gasteiger partial charge >= 0.3 is 6.03 Å². The molecule has 0 unspecified atom stereocenters. The first kappa shape index (κ1) is 26.5. The summed E-state index contributed by atoms with van der Waals surface area (Å²) in [5, 5.41) is 24.9. The third-order valence-corrected chi connectivity index (χ3v) is 8.74. The highest BCUT2D eigenvalue weighted by atomic mass is 28.3. The normalized spacial score (nSPS) is 17.7. The van der Waals surface area contributed by atoms with E-state index in [0.717, 1.165) is 22.1 Å². The second-order valence-corrected chi connectivity index (χ2v) is 16.7. The van der Waals surface area contributed by atoms with E-state index in [1.807, 2.05) is 36.4 Å². The summed E-state index contributed by atoms with van der Waals surface area (Å²) in [6, 6.07) is 16.2. The lowest BCUT2D eigenvalue weighted by molar-refractivity contribution is -0.135. The second kappa shape index (κ2) is 10.2. The van der Waals surface area contributed by atoms with Crippen LogP contribution in [0.25, 0.3) is 21.9 Å². The maximum absolute atomic E-state index is 14.0. The molecule has 2 aromatic heterocycles. The molecule has 0 aliphatic carbocycles. The van der Waals surface area contributed by atoms with Crippen molar-refractivity contribution in [3.8, 4) is 22.8 Å². The number of pyridine rings is 1. The van der Waals surface area contributed by atoms with Gasteiger partial charge < -0.3 is 24.8 Å². The smallest absolute Gasteiger partial charge is 0.327 e. The van der Waals surface area contributed by atoms with E-state index in [1.165, 1.54) is 16.7 Å². The molecule has 1 aliphatic rings. The first-order valence-electron chi connectivity index (χ1n) is 12.8. The topological polar surface area (TPSA) is 117 Å². The van der Waals surface area contributed by atoms with Crippen LogP contribution in [0, 0.1) is 0 Å². The largest absolute Gasteiger partial charge is 0.508 e. The van der Waals surface area contributed by atoms with Crippen molar-refractivity contribution in [1.82, 2.24) is 19.8 Å². The average molecular weight is 545 g/mol. The molecule has 0 saturated carbocycles. The Hall–Kier alpha value is -4.15. The first-order valence-corrected chi connectivity index (χ1v) is 16.5. The lowest BCUT2D eigenvalue weighted by Crippen LogP contribution is -2.47. The molecule has 2 aromatic carbocycles. The van der Waals surface area contributed by atoms with Gasteiger partial charge in [-0.3, -0.25) is 9.78 Å². The predicted octanol–water partition coefficient (Wildman–Crippen LogP) is 4.87. The van der Waals surface area contributed by atoms with Gasteiger partial charge in [0.2, 0.25) is 0 Å². The summed E-state index contributed by atoms with van der Waals surface area (Å²) in [5.74, 6) is -0.554. The van der Waals surface area contributed by atoms with E-state index in [4.69, 9.17) is 4.74 Å². The van der Waals surface area contributed by atoms with E-state index < -0.39 is 25.6 Å². The number of aromatic nitrogens is 2. The van der Waals surface area contributed by atoms with Crippen molar-refractivity contribution in [1.29, 1.82) is 0 Å². The lowest BCUT2D eigenvalue weighted by atomic mass is 9.88. The third kappa shape index (κ3) is 5.25. The van der Waals surface area contributed by atoms with Gasteiger partial charge in [0, 0.05) is 44.0 Å². The number of urea groups is 1. The molecule has 1 fully saturated rings. The number of phenols is 1. The van der Waals surface area contributed by atoms with Crippen molar-refractivity contribution in [2.75, 3.05) is 13.3 Å². The Morgan fingerprint density at radius 3 is 2.36 bits per heavy atom. The molecular formula is C29H32N4O5Si. The number of benzene rings is 2. The Kier molecular flexibility index (Phi) is 6.92. The van der Waals surface area contributed by atoms with Crippen molar-refractivity contribution in [2.45, 2.75) is 37.8 Å². The van der Waals surface area contributed by atoms with Crippen LogP contribution in [0.1, 0.15) is 5.56 Å². The number of carbonyl (C=O) groups excluding carboxylic acids is 2. The minimum Gasteiger partial charge on any atom is -0.508 e. The Bertz CT molecular complexity index is 1510. The molecule has 3 heterocycles. The zero-order valence-electron chi connectivity index (χ0n) is 22.2. The molecule has 0 radical (unpaired) electrons. The molecule has 0 spiro atoms. The third-order valence-electron chi connectivity index (χ3n) is 7.04. The van der Waals surface area contributed by atoms with E-state index in [1.54, 1.807) is 24.7 Å². The summed E-state index contributed by atoms with van der Waals surface area (Å²) >= 11 is 0. The molecule has 1 atom stereocenters. The summed E-state index contributed by atoms with van der Waals surface area (Å²) in [7, 11) is -1.34. The number of ether oxygens (including phenoxy) is 1. The SMILES string of the molecule is C[Si](C)(C)CCOCN1C(=O)N[C@@](Cn2cc3ccc(O)cc3c2O)(c2ccc(-c3ccncc3)cc2)C1=O. The van der Waals surface area contributed by atoms with Crippen LogP contribution in [0.15, 0.2) is 73.2 Å². The fourth-order valence-corrected chi connectivity index (χ4v) is 5.53. The van der Waals surface area contributed by atoms with Crippen LogP contribution in [-0.4, -0.2) is 58.0 Å². The number of imide groups is 1. The van der Waals surface area contributed by atoms with Gasteiger partial charge in [-0.2, -0.15) is 0 Å². The van der Waals surface area contributed by atoms with E-state index >= 15 is 0 Å². The van der Waals surface area contributed by atoms with Gasteiger partial charge in [-0.25, -0.2) is 9.69 Å². The zero-order chi connectivity index (χ0) is 27.8. The molecule has 3 amide bonds. The standard InChI is InChI=1S/C29H32N4O5Si/c1-39(2,3)15-14-38-19-33-27(36)29(31-28(33)37,18-32-17-22-6-9-24(34)16-25(22)26(32)35)23-7-4-20(5-8-23)21-10-12-30-13-11-21/h4-13,16-17,34-35H,14-15,18-19H2,1-3H3,(H,31,37)/t29-/m0/s1. The van der Waals surface area contributed by atoms with Gasteiger partial charge in [0.1, 0.15) is 12.5 Å². The van der Waals surface area contributed by atoms with Gasteiger partial charge in [0.15, 0.2) is 11.4 Å². The quantitative estimate of drug-likeness (QED) is 0.157.